The molecule has 5 heteroatoms. The summed E-state index contributed by atoms with van der Waals surface area (Å²) < 4.78 is 9.95. The van der Waals surface area contributed by atoms with Crippen molar-refractivity contribution < 1.29 is 14.3 Å². The second-order valence-electron chi connectivity index (χ2n) is 3.64. The van der Waals surface area contributed by atoms with E-state index < -0.39 is 12.3 Å². The van der Waals surface area contributed by atoms with Crippen LogP contribution in [0, 0.1) is 6.92 Å². The van der Waals surface area contributed by atoms with E-state index in [1.54, 1.807) is 0 Å². The summed E-state index contributed by atoms with van der Waals surface area (Å²) in [7, 11) is 1.45. The number of methoxy groups -OCH3 is 1. The summed E-state index contributed by atoms with van der Waals surface area (Å²) in [6.45, 7) is 1.95. The van der Waals surface area contributed by atoms with Gasteiger partial charge in [-0.3, -0.25) is 0 Å². The number of rotatable bonds is 3. The van der Waals surface area contributed by atoms with Crippen LogP contribution in [0.2, 0.25) is 0 Å². The molecule has 4 nitrogen and oxygen atoms in total. The first-order chi connectivity index (χ1) is 8.13. The third-order valence-corrected chi connectivity index (χ3v) is 2.85. The van der Waals surface area contributed by atoms with Gasteiger partial charge in [0.2, 0.25) is 6.29 Å². The number of para-hydroxylation sites is 1. The number of halogens is 1. The van der Waals surface area contributed by atoms with Crippen molar-refractivity contribution in [2.45, 2.75) is 13.2 Å². The molecule has 0 saturated carbocycles. The van der Waals surface area contributed by atoms with Gasteiger partial charge in [-0.25, -0.2) is 4.79 Å². The summed E-state index contributed by atoms with van der Waals surface area (Å²) >= 11 is 5.87. The molecule has 1 atom stereocenters. The lowest BCUT2D eigenvalue weighted by molar-refractivity contribution is -0.155. The van der Waals surface area contributed by atoms with Crippen LogP contribution in [0.15, 0.2) is 35.0 Å². The van der Waals surface area contributed by atoms with E-state index in [0.717, 1.165) is 11.3 Å². The molecule has 0 saturated heterocycles. The zero-order chi connectivity index (χ0) is 12.4. The highest BCUT2D eigenvalue weighted by Gasteiger charge is 2.33. The molecule has 1 aliphatic rings. The molecule has 0 radical (unpaired) electrons. The van der Waals surface area contributed by atoms with Crippen molar-refractivity contribution in [1.29, 1.82) is 0 Å². The predicted octanol–water partition coefficient (Wildman–Crippen LogP) is 2.39. The van der Waals surface area contributed by atoms with Gasteiger partial charge in [0.15, 0.2) is 5.03 Å². The van der Waals surface area contributed by atoms with E-state index in [9.17, 15) is 4.79 Å². The van der Waals surface area contributed by atoms with Crippen molar-refractivity contribution in [2.24, 2.45) is 0 Å². The molecule has 0 spiro atoms. The van der Waals surface area contributed by atoms with Crippen molar-refractivity contribution in [3.63, 3.8) is 0 Å². The van der Waals surface area contributed by atoms with Gasteiger partial charge in [0, 0.05) is 12.8 Å². The van der Waals surface area contributed by atoms with E-state index in [-0.39, 0.29) is 5.03 Å². The number of carbonyl (C=O) groups is 1. The number of ether oxygens (including phenoxy) is 2. The van der Waals surface area contributed by atoms with Gasteiger partial charge in [0.05, 0.1) is 0 Å². The van der Waals surface area contributed by atoms with Crippen LogP contribution in [0.25, 0.3) is 0 Å². The van der Waals surface area contributed by atoms with Crippen molar-refractivity contribution in [1.82, 2.24) is 0 Å². The summed E-state index contributed by atoms with van der Waals surface area (Å²) in [5.74, 6) is -0.574. The lowest BCUT2D eigenvalue weighted by Gasteiger charge is -2.15. The van der Waals surface area contributed by atoms with Crippen LogP contribution in [0.4, 0.5) is 5.69 Å². The van der Waals surface area contributed by atoms with E-state index in [1.807, 2.05) is 31.2 Å². The topological polar surface area (TPSA) is 47.6 Å². The van der Waals surface area contributed by atoms with Crippen LogP contribution in [-0.2, 0) is 14.3 Å². The Hall–Kier alpha value is -1.52. The average Bonchev–Trinajstić information content (AvgIpc) is 2.59. The number of nitrogens with one attached hydrogen (secondary N) is 1. The Labute approximate surface area is 104 Å². The maximum absolute atomic E-state index is 11.3. The summed E-state index contributed by atoms with van der Waals surface area (Å²) in [5.41, 5.74) is 2.34. The van der Waals surface area contributed by atoms with E-state index in [1.165, 1.54) is 7.11 Å². The third kappa shape index (κ3) is 2.28. The minimum absolute atomic E-state index is 0.0279. The summed E-state index contributed by atoms with van der Waals surface area (Å²) in [5, 5.41) is 3.10. The maximum Gasteiger partial charge on any atom is 0.354 e. The molecule has 90 valence electrons. The Balaban J connectivity index is 2.29. The standard InChI is InChI=1S/C12H12ClNO3/c1-7-5-3-4-6-8(7)14-10-9(13)11(15)17-12(10)16-2/h3-6,12,14H,1-2H3. The summed E-state index contributed by atoms with van der Waals surface area (Å²) in [4.78, 5) is 11.3. The maximum atomic E-state index is 11.3. The second kappa shape index (κ2) is 4.77. The minimum atomic E-state index is -0.769. The fourth-order valence-corrected chi connectivity index (χ4v) is 1.74. The van der Waals surface area contributed by atoms with Crippen molar-refractivity contribution in [2.75, 3.05) is 12.4 Å². The van der Waals surface area contributed by atoms with Crippen LogP contribution in [0.3, 0.4) is 0 Å². The van der Waals surface area contributed by atoms with Gasteiger partial charge in [-0.1, -0.05) is 29.8 Å². The Kier molecular flexibility index (Phi) is 3.36. The molecule has 2 rings (SSSR count). The first-order valence-corrected chi connectivity index (χ1v) is 5.47. The van der Waals surface area contributed by atoms with Crippen LogP contribution < -0.4 is 5.32 Å². The molecule has 1 unspecified atom stereocenters. The highest BCUT2D eigenvalue weighted by Crippen LogP contribution is 2.28. The Bertz CT molecular complexity index is 484. The van der Waals surface area contributed by atoms with Gasteiger partial charge < -0.3 is 14.8 Å². The van der Waals surface area contributed by atoms with E-state index in [4.69, 9.17) is 21.1 Å². The van der Waals surface area contributed by atoms with Crippen LogP contribution in [-0.4, -0.2) is 19.4 Å². The van der Waals surface area contributed by atoms with Gasteiger partial charge in [0.25, 0.3) is 0 Å². The van der Waals surface area contributed by atoms with E-state index in [2.05, 4.69) is 5.32 Å². The molecule has 1 aromatic carbocycles. The number of anilines is 1. The Morgan fingerprint density at radius 1 is 1.41 bits per heavy atom. The SMILES string of the molecule is COC1OC(=O)C(Cl)=C1Nc1ccccc1C. The molecular weight excluding hydrogens is 242 g/mol. The number of carbonyl (C=O) groups excluding carboxylic acids is 1. The smallest absolute Gasteiger partial charge is 0.354 e. The molecule has 0 fully saturated rings. The monoisotopic (exact) mass is 253 g/mol. The second-order valence-corrected chi connectivity index (χ2v) is 4.02. The fraction of sp³-hybridized carbons (Fsp3) is 0.250. The average molecular weight is 254 g/mol. The predicted molar refractivity (Wildman–Crippen MR) is 64.6 cm³/mol. The number of hydrogen-bond acceptors (Lipinski definition) is 4. The quantitative estimate of drug-likeness (QED) is 0.841. The Morgan fingerprint density at radius 2 is 2.12 bits per heavy atom. The molecule has 0 aromatic heterocycles. The lowest BCUT2D eigenvalue weighted by atomic mass is 10.2. The van der Waals surface area contributed by atoms with Gasteiger partial charge in [-0.05, 0) is 18.6 Å². The molecule has 1 N–H and O–H groups in total. The first-order valence-electron chi connectivity index (χ1n) is 5.09. The van der Waals surface area contributed by atoms with Gasteiger partial charge in [0.1, 0.15) is 5.70 Å². The minimum Gasteiger partial charge on any atom is -0.425 e. The zero-order valence-electron chi connectivity index (χ0n) is 9.49. The van der Waals surface area contributed by atoms with Crippen LogP contribution in [0.5, 0.6) is 0 Å². The molecule has 17 heavy (non-hydrogen) atoms. The molecule has 0 bridgehead atoms. The molecular formula is C12H12ClNO3. The number of benzene rings is 1. The molecule has 0 aliphatic carbocycles. The first kappa shape index (κ1) is 12.0. The van der Waals surface area contributed by atoms with Crippen LogP contribution >= 0.6 is 11.6 Å². The van der Waals surface area contributed by atoms with Gasteiger partial charge in [-0.15, -0.1) is 0 Å². The third-order valence-electron chi connectivity index (χ3n) is 2.49. The van der Waals surface area contributed by atoms with Crippen molar-refractivity contribution in [3.05, 3.63) is 40.6 Å². The largest absolute Gasteiger partial charge is 0.425 e. The van der Waals surface area contributed by atoms with Crippen molar-refractivity contribution in [3.8, 4) is 0 Å². The van der Waals surface area contributed by atoms with Crippen molar-refractivity contribution >= 4 is 23.3 Å². The Morgan fingerprint density at radius 3 is 2.76 bits per heavy atom. The van der Waals surface area contributed by atoms with E-state index >= 15 is 0 Å². The number of esters is 1. The molecule has 1 aliphatic heterocycles. The number of hydrogen-bond donors (Lipinski definition) is 1. The number of aryl methyl sites for hydroxylation is 1. The van der Waals surface area contributed by atoms with Gasteiger partial charge >= 0.3 is 5.97 Å². The molecule has 0 amide bonds. The van der Waals surface area contributed by atoms with Gasteiger partial charge in [-0.2, -0.15) is 0 Å². The zero-order valence-corrected chi connectivity index (χ0v) is 10.2. The summed E-state index contributed by atoms with van der Waals surface area (Å²) in [6, 6.07) is 7.67. The highest BCUT2D eigenvalue weighted by molar-refractivity contribution is 6.42. The normalized spacial score (nSPS) is 19.5. The summed E-state index contributed by atoms with van der Waals surface area (Å²) in [6.07, 6.45) is -0.769. The highest BCUT2D eigenvalue weighted by atomic mass is 35.5. The van der Waals surface area contributed by atoms with E-state index in [0.29, 0.717) is 5.70 Å². The fourth-order valence-electron chi connectivity index (χ4n) is 1.56. The molecule has 1 heterocycles. The number of cyclic esters (lactones) is 1. The van der Waals surface area contributed by atoms with Crippen LogP contribution in [0.1, 0.15) is 5.56 Å². The molecule has 1 aromatic rings. The lowest BCUT2D eigenvalue weighted by Crippen LogP contribution is -2.18.